The summed E-state index contributed by atoms with van der Waals surface area (Å²) < 4.78 is 13.9. The molecule has 142 valence electrons. The zero-order valence-corrected chi connectivity index (χ0v) is 16.3. The van der Waals surface area contributed by atoms with Gasteiger partial charge in [-0.15, -0.1) is 11.3 Å². The minimum absolute atomic E-state index is 0.0460. The Labute approximate surface area is 170 Å². The van der Waals surface area contributed by atoms with Crippen LogP contribution in [-0.4, -0.2) is 18.4 Å². The number of halogens is 2. The fourth-order valence-electron chi connectivity index (χ4n) is 3.27. The van der Waals surface area contributed by atoms with Crippen molar-refractivity contribution in [2.75, 3.05) is 16.8 Å². The number of hydrogen-bond donors (Lipinski definition) is 1. The second-order valence-electron chi connectivity index (χ2n) is 6.45. The van der Waals surface area contributed by atoms with Crippen molar-refractivity contribution in [1.29, 1.82) is 0 Å². The Kier molecular flexibility index (Phi) is 5.15. The van der Waals surface area contributed by atoms with Crippen LogP contribution in [0, 0.1) is 5.82 Å². The molecular weight excluding hydrogens is 399 g/mol. The first-order chi connectivity index (χ1) is 13.5. The predicted molar refractivity (Wildman–Crippen MR) is 110 cm³/mol. The second kappa shape index (κ2) is 7.73. The molecule has 0 fully saturated rings. The van der Waals surface area contributed by atoms with Crippen LogP contribution < -0.4 is 10.2 Å². The molecule has 0 unspecified atom stereocenters. The molecule has 0 saturated carbocycles. The topological polar surface area (TPSA) is 49.4 Å². The molecule has 28 heavy (non-hydrogen) atoms. The Hall–Kier alpha value is -2.70. The molecular formula is C21H16ClFN2O2S. The third-order valence-electron chi connectivity index (χ3n) is 4.64. The van der Waals surface area contributed by atoms with Crippen molar-refractivity contribution in [2.24, 2.45) is 0 Å². The van der Waals surface area contributed by atoms with Crippen LogP contribution >= 0.6 is 22.9 Å². The van der Waals surface area contributed by atoms with Crippen molar-refractivity contribution in [3.05, 3.63) is 80.8 Å². The molecule has 0 aliphatic carbocycles. The van der Waals surface area contributed by atoms with Gasteiger partial charge in [-0.05, 0) is 47.7 Å². The quantitative estimate of drug-likeness (QED) is 0.658. The van der Waals surface area contributed by atoms with Gasteiger partial charge in [0.05, 0.1) is 11.3 Å². The second-order valence-corrected chi connectivity index (χ2v) is 7.81. The lowest BCUT2D eigenvalue weighted by molar-refractivity contribution is -0.115. The summed E-state index contributed by atoms with van der Waals surface area (Å²) in [6.07, 6.45) is 0.603. The zero-order valence-electron chi connectivity index (χ0n) is 14.7. The van der Waals surface area contributed by atoms with Gasteiger partial charge in [0.15, 0.2) is 0 Å². The first kappa shape index (κ1) is 18.7. The fourth-order valence-corrected chi connectivity index (χ4v) is 4.17. The minimum Gasteiger partial charge on any atom is -0.326 e. The maximum absolute atomic E-state index is 13.9. The number of anilines is 2. The summed E-state index contributed by atoms with van der Waals surface area (Å²) in [7, 11) is 0. The van der Waals surface area contributed by atoms with Crippen LogP contribution in [0.15, 0.2) is 53.9 Å². The highest BCUT2D eigenvalue weighted by Crippen LogP contribution is 2.32. The molecule has 1 aromatic heterocycles. The third-order valence-corrected chi connectivity index (χ3v) is 5.85. The molecule has 7 heteroatoms. The van der Waals surface area contributed by atoms with Gasteiger partial charge >= 0.3 is 0 Å². The number of carbonyl (C=O) groups is 2. The van der Waals surface area contributed by atoms with E-state index in [2.05, 4.69) is 5.32 Å². The van der Waals surface area contributed by atoms with E-state index in [-0.39, 0.29) is 28.8 Å². The molecule has 0 spiro atoms. The van der Waals surface area contributed by atoms with Gasteiger partial charge in [0.25, 0.3) is 5.91 Å². The van der Waals surface area contributed by atoms with E-state index in [1.807, 2.05) is 17.5 Å². The number of rotatable bonds is 4. The van der Waals surface area contributed by atoms with E-state index in [0.29, 0.717) is 17.1 Å². The zero-order chi connectivity index (χ0) is 19.7. The predicted octanol–water partition coefficient (Wildman–Crippen LogP) is 4.92. The molecule has 2 amide bonds. The Morgan fingerprint density at radius 1 is 1.18 bits per heavy atom. The summed E-state index contributed by atoms with van der Waals surface area (Å²) in [5.74, 6) is -0.930. The van der Waals surface area contributed by atoms with E-state index >= 15 is 0 Å². The Morgan fingerprint density at radius 2 is 2.04 bits per heavy atom. The first-order valence-electron chi connectivity index (χ1n) is 8.74. The van der Waals surface area contributed by atoms with Crippen LogP contribution in [0.2, 0.25) is 5.02 Å². The van der Waals surface area contributed by atoms with Crippen LogP contribution in [0.5, 0.6) is 0 Å². The number of nitrogens with zero attached hydrogens (tertiary/aromatic N) is 1. The maximum atomic E-state index is 13.9. The molecule has 0 atom stereocenters. The van der Waals surface area contributed by atoms with Crippen LogP contribution in [0.4, 0.5) is 15.8 Å². The molecule has 1 N–H and O–H groups in total. The summed E-state index contributed by atoms with van der Waals surface area (Å²) in [4.78, 5) is 27.5. The normalized spacial score (nSPS) is 12.7. The Bertz CT molecular complexity index is 1030. The van der Waals surface area contributed by atoms with E-state index in [1.165, 1.54) is 23.5 Å². The van der Waals surface area contributed by atoms with Gasteiger partial charge in [-0.1, -0.05) is 29.8 Å². The monoisotopic (exact) mass is 414 g/mol. The SMILES string of the molecule is O=C(Cc1c(F)cccc1Cl)Nc1ccc2c(c1)N(C(=O)c1cccs1)CC2. The summed E-state index contributed by atoms with van der Waals surface area (Å²) in [5.41, 5.74) is 2.57. The van der Waals surface area contributed by atoms with Gasteiger partial charge in [0.1, 0.15) is 5.82 Å². The Morgan fingerprint density at radius 3 is 2.79 bits per heavy atom. The van der Waals surface area contributed by atoms with E-state index < -0.39 is 5.82 Å². The van der Waals surface area contributed by atoms with Gasteiger partial charge in [0, 0.05) is 28.5 Å². The highest BCUT2D eigenvalue weighted by atomic mass is 35.5. The Balaban J connectivity index is 1.52. The number of nitrogens with one attached hydrogen (secondary N) is 1. The standard InChI is InChI=1S/C21H16ClFN2O2S/c22-16-3-1-4-17(23)15(16)12-20(26)24-14-7-6-13-8-9-25(18(13)11-14)21(27)19-5-2-10-28-19/h1-7,10-11H,8-9,12H2,(H,24,26). The lowest BCUT2D eigenvalue weighted by Crippen LogP contribution is -2.28. The number of benzene rings is 2. The largest absolute Gasteiger partial charge is 0.326 e. The average Bonchev–Trinajstić information content (AvgIpc) is 3.34. The number of hydrogen-bond acceptors (Lipinski definition) is 3. The molecule has 0 radical (unpaired) electrons. The molecule has 4 nitrogen and oxygen atoms in total. The molecule has 1 aliphatic rings. The van der Waals surface area contributed by atoms with E-state index in [0.717, 1.165) is 17.7 Å². The summed E-state index contributed by atoms with van der Waals surface area (Å²) in [6, 6.07) is 13.5. The van der Waals surface area contributed by atoms with Crippen molar-refractivity contribution in [3.8, 4) is 0 Å². The van der Waals surface area contributed by atoms with Crippen molar-refractivity contribution in [2.45, 2.75) is 12.8 Å². The number of thiophene rings is 1. The van der Waals surface area contributed by atoms with E-state index in [9.17, 15) is 14.0 Å². The van der Waals surface area contributed by atoms with E-state index in [1.54, 1.807) is 29.2 Å². The van der Waals surface area contributed by atoms with Crippen molar-refractivity contribution in [1.82, 2.24) is 0 Å². The first-order valence-corrected chi connectivity index (χ1v) is 10.00. The van der Waals surface area contributed by atoms with Gasteiger partial charge in [0.2, 0.25) is 5.91 Å². The number of carbonyl (C=O) groups excluding carboxylic acids is 2. The van der Waals surface area contributed by atoms with Gasteiger partial charge in [-0.3, -0.25) is 9.59 Å². The summed E-state index contributed by atoms with van der Waals surface area (Å²) in [5, 5.41) is 4.86. The molecule has 1 aliphatic heterocycles. The van der Waals surface area contributed by atoms with Crippen molar-refractivity contribution in [3.63, 3.8) is 0 Å². The van der Waals surface area contributed by atoms with Crippen LogP contribution in [0.3, 0.4) is 0 Å². The third kappa shape index (κ3) is 3.66. The summed E-state index contributed by atoms with van der Waals surface area (Å²) in [6.45, 7) is 0.605. The highest BCUT2D eigenvalue weighted by molar-refractivity contribution is 7.12. The van der Waals surface area contributed by atoms with Gasteiger partial charge < -0.3 is 10.2 Å². The van der Waals surface area contributed by atoms with Crippen molar-refractivity contribution < 1.29 is 14.0 Å². The molecule has 0 bridgehead atoms. The molecule has 0 saturated heterocycles. The molecule has 2 heterocycles. The van der Waals surface area contributed by atoms with Crippen LogP contribution in [0.1, 0.15) is 20.8 Å². The van der Waals surface area contributed by atoms with E-state index in [4.69, 9.17) is 11.6 Å². The van der Waals surface area contributed by atoms with Crippen LogP contribution in [0.25, 0.3) is 0 Å². The molecule has 2 aromatic carbocycles. The fraction of sp³-hybridized carbons (Fsp3) is 0.143. The average molecular weight is 415 g/mol. The molecule has 4 rings (SSSR count). The maximum Gasteiger partial charge on any atom is 0.268 e. The van der Waals surface area contributed by atoms with Crippen molar-refractivity contribution >= 4 is 46.1 Å². The minimum atomic E-state index is -0.510. The number of fused-ring (bicyclic) bond motifs is 1. The number of amides is 2. The van der Waals surface area contributed by atoms with Gasteiger partial charge in [-0.2, -0.15) is 0 Å². The summed E-state index contributed by atoms with van der Waals surface area (Å²) >= 11 is 7.40. The van der Waals surface area contributed by atoms with Gasteiger partial charge in [-0.25, -0.2) is 4.39 Å². The lowest BCUT2D eigenvalue weighted by atomic mass is 10.1. The lowest BCUT2D eigenvalue weighted by Gasteiger charge is -2.17. The molecule has 3 aromatic rings. The highest BCUT2D eigenvalue weighted by Gasteiger charge is 2.26. The smallest absolute Gasteiger partial charge is 0.268 e. The van der Waals surface area contributed by atoms with Crippen LogP contribution in [-0.2, 0) is 17.6 Å².